The van der Waals surface area contributed by atoms with Gasteiger partial charge in [0, 0.05) is 4.83 Å². The Kier molecular flexibility index (Phi) is 8.81. The Morgan fingerprint density at radius 1 is 1.07 bits per heavy atom. The highest BCUT2D eigenvalue weighted by Gasteiger charge is 2.13. The number of rotatable bonds is 9. The molecule has 0 fully saturated rings. The fourth-order valence-electron chi connectivity index (χ4n) is 1.54. The Labute approximate surface area is 103 Å². The van der Waals surface area contributed by atoms with Gasteiger partial charge in [0.2, 0.25) is 0 Å². The molecule has 0 N–H and O–H groups in total. The normalized spacial score (nSPS) is 14.1. The molecule has 2 nitrogen and oxygen atoms in total. The van der Waals surface area contributed by atoms with Gasteiger partial charge in [-0.3, -0.25) is 0 Å². The molecule has 0 aliphatic heterocycles. The molecule has 0 bridgehead atoms. The summed E-state index contributed by atoms with van der Waals surface area (Å²) in [7, 11) is -2.82. The summed E-state index contributed by atoms with van der Waals surface area (Å²) in [6.45, 7) is 4.06. The lowest BCUT2D eigenvalue weighted by Gasteiger charge is -2.05. The minimum absolute atomic E-state index is 0.0718. The standard InChI is InChI=1S/C11H23BrO2S/c1-3-4-5-6-7-8-9-15(13,14)10-11(2)12/h11H,3-10H2,1-2H3. The van der Waals surface area contributed by atoms with Crippen LogP contribution in [0.5, 0.6) is 0 Å². The fraction of sp³-hybridized carbons (Fsp3) is 1.00. The lowest BCUT2D eigenvalue weighted by Crippen LogP contribution is -2.16. The first-order valence-electron chi connectivity index (χ1n) is 5.82. The van der Waals surface area contributed by atoms with Crippen molar-refractivity contribution in [1.29, 1.82) is 0 Å². The highest BCUT2D eigenvalue weighted by atomic mass is 79.9. The maximum atomic E-state index is 11.5. The van der Waals surface area contributed by atoms with Crippen LogP contribution in [0.1, 0.15) is 52.4 Å². The molecule has 1 unspecified atom stereocenters. The van der Waals surface area contributed by atoms with Crippen LogP contribution in [0.15, 0.2) is 0 Å². The molecule has 0 rings (SSSR count). The molecule has 1 atom stereocenters. The first-order valence-corrected chi connectivity index (χ1v) is 8.56. The van der Waals surface area contributed by atoms with E-state index in [0.717, 1.165) is 12.8 Å². The average molecular weight is 299 g/mol. The van der Waals surface area contributed by atoms with Crippen molar-refractivity contribution in [1.82, 2.24) is 0 Å². The van der Waals surface area contributed by atoms with Gasteiger partial charge in [-0.15, -0.1) is 0 Å². The largest absolute Gasteiger partial charge is 0.229 e. The van der Waals surface area contributed by atoms with Crippen LogP contribution >= 0.6 is 15.9 Å². The van der Waals surface area contributed by atoms with E-state index in [1.807, 2.05) is 6.92 Å². The van der Waals surface area contributed by atoms with Crippen molar-refractivity contribution >= 4 is 25.8 Å². The molecular formula is C11H23BrO2S. The zero-order valence-electron chi connectivity index (χ0n) is 9.84. The highest BCUT2D eigenvalue weighted by molar-refractivity contribution is 9.09. The smallest absolute Gasteiger partial charge is 0.151 e. The van der Waals surface area contributed by atoms with Gasteiger partial charge in [-0.05, 0) is 6.42 Å². The molecule has 0 heterocycles. The molecule has 0 amide bonds. The molecule has 15 heavy (non-hydrogen) atoms. The molecule has 0 aliphatic rings. The third-order valence-electron chi connectivity index (χ3n) is 2.29. The van der Waals surface area contributed by atoms with Gasteiger partial charge < -0.3 is 0 Å². The molecule has 0 aliphatic carbocycles. The maximum Gasteiger partial charge on any atom is 0.151 e. The van der Waals surface area contributed by atoms with E-state index in [1.165, 1.54) is 25.7 Å². The molecule has 92 valence electrons. The number of sulfone groups is 1. The van der Waals surface area contributed by atoms with Gasteiger partial charge in [0.05, 0.1) is 11.5 Å². The van der Waals surface area contributed by atoms with E-state index >= 15 is 0 Å². The SMILES string of the molecule is CCCCCCCCS(=O)(=O)CC(C)Br. The van der Waals surface area contributed by atoms with Crippen molar-refractivity contribution in [3.05, 3.63) is 0 Å². The summed E-state index contributed by atoms with van der Waals surface area (Å²) in [5.41, 5.74) is 0. The van der Waals surface area contributed by atoms with E-state index in [-0.39, 0.29) is 10.6 Å². The van der Waals surface area contributed by atoms with Crippen molar-refractivity contribution in [2.45, 2.75) is 57.2 Å². The number of unbranched alkanes of at least 4 members (excludes halogenated alkanes) is 5. The monoisotopic (exact) mass is 298 g/mol. The molecule has 0 spiro atoms. The zero-order valence-corrected chi connectivity index (χ0v) is 12.2. The minimum Gasteiger partial charge on any atom is -0.229 e. The fourth-order valence-corrected chi connectivity index (χ4v) is 4.25. The first kappa shape index (κ1) is 15.4. The number of alkyl halides is 1. The quantitative estimate of drug-likeness (QED) is 0.482. The van der Waals surface area contributed by atoms with Crippen molar-refractivity contribution in [3.63, 3.8) is 0 Å². The Hall–Kier alpha value is 0.430. The summed E-state index contributed by atoms with van der Waals surface area (Å²) in [5.74, 6) is 0.622. The molecule has 0 radical (unpaired) electrons. The van der Waals surface area contributed by atoms with Gasteiger partial charge in [0.25, 0.3) is 0 Å². The summed E-state index contributed by atoms with van der Waals surface area (Å²) < 4.78 is 23.0. The van der Waals surface area contributed by atoms with Crippen molar-refractivity contribution in [3.8, 4) is 0 Å². The van der Waals surface area contributed by atoms with Crippen molar-refractivity contribution in [2.24, 2.45) is 0 Å². The Balaban J connectivity index is 3.50. The summed E-state index contributed by atoms with van der Waals surface area (Å²) in [5, 5.41) is 0. The highest BCUT2D eigenvalue weighted by Crippen LogP contribution is 2.09. The van der Waals surface area contributed by atoms with Crippen molar-refractivity contribution < 1.29 is 8.42 Å². The number of hydrogen-bond donors (Lipinski definition) is 0. The molecule has 0 aromatic rings. The van der Waals surface area contributed by atoms with Gasteiger partial charge in [0.1, 0.15) is 0 Å². The molecule has 0 saturated carbocycles. The van der Waals surface area contributed by atoms with Crippen LogP contribution in [0.2, 0.25) is 0 Å². The van der Waals surface area contributed by atoms with Gasteiger partial charge in [-0.1, -0.05) is 61.9 Å². The summed E-state index contributed by atoms with van der Waals surface area (Å²) in [6, 6.07) is 0. The van der Waals surface area contributed by atoms with E-state index in [0.29, 0.717) is 5.75 Å². The second kappa shape index (κ2) is 8.57. The topological polar surface area (TPSA) is 34.1 Å². The predicted octanol–water partition coefficient (Wildman–Crippen LogP) is 3.55. The van der Waals surface area contributed by atoms with Gasteiger partial charge >= 0.3 is 0 Å². The van der Waals surface area contributed by atoms with E-state index in [2.05, 4.69) is 22.9 Å². The summed E-state index contributed by atoms with van der Waals surface area (Å²) in [6.07, 6.45) is 6.80. The van der Waals surface area contributed by atoms with Crippen LogP contribution in [0.4, 0.5) is 0 Å². The first-order chi connectivity index (χ1) is 6.98. The maximum absolute atomic E-state index is 11.5. The average Bonchev–Trinajstić information content (AvgIpc) is 2.08. The van der Waals surface area contributed by atoms with E-state index in [4.69, 9.17) is 0 Å². The van der Waals surface area contributed by atoms with Crippen LogP contribution < -0.4 is 0 Å². The van der Waals surface area contributed by atoms with E-state index in [1.54, 1.807) is 0 Å². The van der Waals surface area contributed by atoms with Crippen LogP contribution in [0, 0.1) is 0 Å². The second-order valence-corrected chi connectivity index (χ2v) is 7.95. The van der Waals surface area contributed by atoms with Crippen LogP contribution in [-0.4, -0.2) is 24.8 Å². The van der Waals surface area contributed by atoms with E-state index in [9.17, 15) is 8.42 Å². The minimum atomic E-state index is -2.82. The third kappa shape index (κ3) is 10.7. The van der Waals surface area contributed by atoms with Crippen molar-refractivity contribution in [2.75, 3.05) is 11.5 Å². The zero-order chi connectivity index (χ0) is 11.7. The van der Waals surface area contributed by atoms with Crippen LogP contribution in [-0.2, 0) is 9.84 Å². The van der Waals surface area contributed by atoms with Gasteiger partial charge in [-0.25, -0.2) is 8.42 Å². The third-order valence-corrected chi connectivity index (χ3v) is 4.96. The Bertz CT molecular complexity index is 235. The van der Waals surface area contributed by atoms with Gasteiger partial charge in [-0.2, -0.15) is 0 Å². The van der Waals surface area contributed by atoms with Crippen LogP contribution in [0.25, 0.3) is 0 Å². The lowest BCUT2D eigenvalue weighted by molar-refractivity contribution is 0.583. The van der Waals surface area contributed by atoms with Crippen LogP contribution in [0.3, 0.4) is 0 Å². The lowest BCUT2D eigenvalue weighted by atomic mass is 10.1. The molecule has 0 saturated heterocycles. The van der Waals surface area contributed by atoms with E-state index < -0.39 is 9.84 Å². The molecule has 0 aromatic heterocycles. The summed E-state index contributed by atoms with van der Waals surface area (Å²) in [4.78, 5) is 0.0718. The summed E-state index contributed by atoms with van der Waals surface area (Å²) >= 11 is 3.27. The molecule has 4 heteroatoms. The second-order valence-electron chi connectivity index (χ2n) is 4.16. The molecule has 0 aromatic carbocycles. The number of hydrogen-bond acceptors (Lipinski definition) is 2. The predicted molar refractivity (Wildman–Crippen MR) is 70.4 cm³/mol. The molecular weight excluding hydrogens is 276 g/mol. The Morgan fingerprint density at radius 2 is 1.60 bits per heavy atom. The van der Waals surface area contributed by atoms with Gasteiger partial charge in [0.15, 0.2) is 9.84 Å². The Morgan fingerprint density at radius 3 is 2.13 bits per heavy atom. The number of halogens is 1.